The quantitative estimate of drug-likeness (QED) is 0.564. The van der Waals surface area contributed by atoms with E-state index < -0.39 is 0 Å². The second-order valence-corrected chi connectivity index (χ2v) is 2.74. The van der Waals surface area contributed by atoms with Gasteiger partial charge in [0.25, 0.3) is 0 Å². The molecular weight excluding hydrogens is 112 g/mol. The first-order chi connectivity index (χ1) is 4.33. The van der Waals surface area contributed by atoms with Gasteiger partial charge in [0, 0.05) is 0 Å². The van der Waals surface area contributed by atoms with Crippen molar-refractivity contribution in [2.24, 2.45) is 0 Å². The highest BCUT2D eigenvalue weighted by atomic mass is 16.5. The Bertz CT molecular complexity index is 79.1. The molecule has 0 aromatic rings. The molecule has 1 aliphatic heterocycles. The normalized spacial score (nSPS) is 34.0. The topological polar surface area (TPSA) is 9.23 Å². The van der Waals surface area contributed by atoms with Crippen LogP contribution < -0.4 is 0 Å². The molecule has 1 unspecified atom stereocenters. The first-order valence-electron chi connectivity index (χ1n) is 3.76. The van der Waals surface area contributed by atoms with E-state index in [0.29, 0.717) is 0 Å². The number of rotatable bonds is 3. The van der Waals surface area contributed by atoms with Crippen LogP contribution in [0, 0.1) is 6.92 Å². The molecule has 0 spiro atoms. The maximum atomic E-state index is 5.47. The monoisotopic (exact) mass is 127 g/mol. The molecule has 1 saturated heterocycles. The molecule has 0 amide bonds. The van der Waals surface area contributed by atoms with Crippen LogP contribution in [0.2, 0.25) is 0 Å². The van der Waals surface area contributed by atoms with E-state index in [1.165, 1.54) is 6.42 Å². The third-order valence-electron chi connectivity index (χ3n) is 2.24. The second-order valence-electron chi connectivity index (χ2n) is 2.74. The van der Waals surface area contributed by atoms with Gasteiger partial charge in [-0.15, -0.1) is 0 Å². The lowest BCUT2D eigenvalue weighted by Crippen LogP contribution is -2.42. The molecule has 0 bridgehead atoms. The van der Waals surface area contributed by atoms with Crippen LogP contribution in [0.1, 0.15) is 32.6 Å². The molecule has 1 radical (unpaired) electrons. The van der Waals surface area contributed by atoms with E-state index in [2.05, 4.69) is 13.8 Å². The molecule has 9 heavy (non-hydrogen) atoms. The standard InChI is InChI=1S/C8H15O/c1-3-5-8(4-2)6-7-9-8/h1,3-7H2,2H3. The Morgan fingerprint density at radius 2 is 2.33 bits per heavy atom. The fourth-order valence-electron chi connectivity index (χ4n) is 1.37. The molecule has 1 rings (SSSR count). The van der Waals surface area contributed by atoms with Crippen molar-refractivity contribution in [2.75, 3.05) is 6.61 Å². The Hall–Kier alpha value is -0.0400. The smallest absolute Gasteiger partial charge is 0.0701 e. The van der Waals surface area contributed by atoms with E-state index >= 15 is 0 Å². The number of ether oxygens (including phenoxy) is 1. The van der Waals surface area contributed by atoms with Gasteiger partial charge in [-0.05, 0) is 19.3 Å². The van der Waals surface area contributed by atoms with Crippen molar-refractivity contribution < 1.29 is 4.74 Å². The van der Waals surface area contributed by atoms with Gasteiger partial charge in [-0.3, -0.25) is 0 Å². The van der Waals surface area contributed by atoms with Gasteiger partial charge in [-0.1, -0.05) is 20.3 Å². The predicted molar refractivity (Wildman–Crippen MR) is 38.2 cm³/mol. The Morgan fingerprint density at radius 3 is 2.44 bits per heavy atom. The molecule has 0 saturated carbocycles. The van der Waals surface area contributed by atoms with E-state index in [4.69, 9.17) is 4.74 Å². The summed E-state index contributed by atoms with van der Waals surface area (Å²) in [5.74, 6) is 0. The lowest BCUT2D eigenvalue weighted by atomic mass is 9.87. The van der Waals surface area contributed by atoms with Crippen molar-refractivity contribution in [3.8, 4) is 0 Å². The predicted octanol–water partition coefficient (Wildman–Crippen LogP) is 2.17. The van der Waals surface area contributed by atoms with Crippen molar-refractivity contribution in [3.05, 3.63) is 6.92 Å². The van der Waals surface area contributed by atoms with E-state index in [1.807, 2.05) is 0 Å². The fourth-order valence-corrected chi connectivity index (χ4v) is 1.37. The molecule has 1 heteroatoms. The Labute approximate surface area is 57.4 Å². The van der Waals surface area contributed by atoms with Crippen LogP contribution in [0.3, 0.4) is 0 Å². The summed E-state index contributed by atoms with van der Waals surface area (Å²) in [6, 6.07) is 0. The minimum Gasteiger partial charge on any atom is -0.375 e. The van der Waals surface area contributed by atoms with Crippen molar-refractivity contribution >= 4 is 0 Å². The molecule has 1 heterocycles. The highest BCUT2D eigenvalue weighted by Crippen LogP contribution is 2.33. The summed E-state index contributed by atoms with van der Waals surface area (Å²) < 4.78 is 5.47. The van der Waals surface area contributed by atoms with Crippen molar-refractivity contribution in [3.63, 3.8) is 0 Å². The Kier molecular flexibility index (Phi) is 2.12. The zero-order valence-corrected chi connectivity index (χ0v) is 6.15. The number of hydrogen-bond acceptors (Lipinski definition) is 1. The average molecular weight is 127 g/mol. The van der Waals surface area contributed by atoms with Gasteiger partial charge >= 0.3 is 0 Å². The molecule has 0 aliphatic carbocycles. The highest BCUT2D eigenvalue weighted by molar-refractivity contribution is 4.85. The third-order valence-corrected chi connectivity index (χ3v) is 2.24. The van der Waals surface area contributed by atoms with Crippen LogP contribution in [0.25, 0.3) is 0 Å². The van der Waals surface area contributed by atoms with Crippen LogP contribution in [-0.4, -0.2) is 12.2 Å². The highest BCUT2D eigenvalue weighted by Gasteiger charge is 2.34. The molecule has 1 fully saturated rings. The van der Waals surface area contributed by atoms with Crippen LogP contribution >= 0.6 is 0 Å². The van der Waals surface area contributed by atoms with Crippen LogP contribution in [0.5, 0.6) is 0 Å². The minimum absolute atomic E-state index is 0.252. The summed E-state index contributed by atoms with van der Waals surface area (Å²) in [4.78, 5) is 0. The summed E-state index contributed by atoms with van der Waals surface area (Å²) in [5.41, 5.74) is 0.252. The molecule has 1 nitrogen and oxygen atoms in total. The first-order valence-corrected chi connectivity index (χ1v) is 3.76. The molecule has 0 N–H and O–H groups in total. The summed E-state index contributed by atoms with van der Waals surface area (Å²) >= 11 is 0. The number of hydrogen-bond donors (Lipinski definition) is 0. The fraction of sp³-hybridized carbons (Fsp3) is 0.875. The van der Waals surface area contributed by atoms with Gasteiger partial charge in [-0.25, -0.2) is 0 Å². The van der Waals surface area contributed by atoms with Gasteiger partial charge in [0.05, 0.1) is 12.2 Å². The van der Waals surface area contributed by atoms with Gasteiger partial charge in [0.2, 0.25) is 0 Å². The summed E-state index contributed by atoms with van der Waals surface area (Å²) in [7, 11) is 0. The van der Waals surface area contributed by atoms with Crippen LogP contribution in [-0.2, 0) is 4.74 Å². The van der Waals surface area contributed by atoms with Crippen LogP contribution in [0.4, 0.5) is 0 Å². The maximum Gasteiger partial charge on any atom is 0.0701 e. The third kappa shape index (κ3) is 1.26. The summed E-state index contributed by atoms with van der Waals surface area (Å²) in [6.07, 6.45) is 4.55. The van der Waals surface area contributed by atoms with Crippen molar-refractivity contribution in [1.82, 2.24) is 0 Å². The molecule has 53 valence electrons. The van der Waals surface area contributed by atoms with Gasteiger partial charge < -0.3 is 4.74 Å². The maximum absolute atomic E-state index is 5.47. The van der Waals surface area contributed by atoms with Gasteiger partial charge in [0.1, 0.15) is 0 Å². The molecule has 1 atom stereocenters. The van der Waals surface area contributed by atoms with E-state index in [-0.39, 0.29) is 5.60 Å². The molecular formula is C8H15O. The van der Waals surface area contributed by atoms with Gasteiger partial charge in [0.15, 0.2) is 0 Å². The Morgan fingerprint density at radius 1 is 1.67 bits per heavy atom. The zero-order valence-electron chi connectivity index (χ0n) is 6.15. The lowest BCUT2D eigenvalue weighted by Gasteiger charge is -2.41. The van der Waals surface area contributed by atoms with Crippen molar-refractivity contribution in [2.45, 2.75) is 38.2 Å². The van der Waals surface area contributed by atoms with E-state index in [9.17, 15) is 0 Å². The average Bonchev–Trinajstić information content (AvgIpc) is 1.79. The Balaban J connectivity index is 2.28. The molecule has 0 aromatic heterocycles. The zero-order chi connectivity index (χ0) is 6.74. The summed E-state index contributed by atoms with van der Waals surface area (Å²) in [6.45, 7) is 6.98. The lowest BCUT2D eigenvalue weighted by molar-refractivity contribution is -0.152. The second kappa shape index (κ2) is 2.70. The summed E-state index contributed by atoms with van der Waals surface area (Å²) in [5, 5.41) is 0. The minimum atomic E-state index is 0.252. The van der Waals surface area contributed by atoms with E-state index in [1.54, 1.807) is 0 Å². The largest absolute Gasteiger partial charge is 0.375 e. The first kappa shape index (κ1) is 7.07. The van der Waals surface area contributed by atoms with Crippen LogP contribution in [0.15, 0.2) is 0 Å². The van der Waals surface area contributed by atoms with Gasteiger partial charge in [-0.2, -0.15) is 0 Å². The molecule has 1 aliphatic rings. The van der Waals surface area contributed by atoms with Crippen molar-refractivity contribution in [1.29, 1.82) is 0 Å². The van der Waals surface area contributed by atoms with E-state index in [0.717, 1.165) is 25.9 Å². The molecule has 0 aromatic carbocycles. The SMILES string of the molecule is [CH2]CCC1(CC)CCO1.